The fourth-order valence-corrected chi connectivity index (χ4v) is 5.18. The number of hydrogen-bond acceptors (Lipinski definition) is 6. The van der Waals surface area contributed by atoms with E-state index in [0.29, 0.717) is 16.7 Å². The highest BCUT2D eigenvalue weighted by Crippen LogP contribution is 2.42. The van der Waals surface area contributed by atoms with E-state index in [0.717, 1.165) is 0 Å². The Kier molecular flexibility index (Phi) is 4.93. The van der Waals surface area contributed by atoms with Crippen molar-refractivity contribution in [3.63, 3.8) is 0 Å². The normalized spacial score (nSPS) is 17.6. The van der Waals surface area contributed by atoms with Gasteiger partial charge in [0.1, 0.15) is 11.9 Å². The Bertz CT molecular complexity index is 1010. The molecule has 1 aliphatic rings. The summed E-state index contributed by atoms with van der Waals surface area (Å²) in [5.74, 6) is -0.712. The number of carboxylic acid groups (broad SMARTS) is 1. The fourth-order valence-electron chi connectivity index (χ4n) is 3.28. The minimum absolute atomic E-state index is 0.0246. The van der Waals surface area contributed by atoms with Crippen molar-refractivity contribution in [3.05, 3.63) is 58.7 Å². The molecule has 27 heavy (non-hydrogen) atoms. The maximum absolute atomic E-state index is 12.6. The number of ether oxygens (including phenoxy) is 2. The van der Waals surface area contributed by atoms with Crippen molar-refractivity contribution >= 4 is 22.0 Å². The molecule has 0 aromatic heterocycles. The van der Waals surface area contributed by atoms with Gasteiger partial charge in [-0.2, -0.15) is 0 Å². The number of sulfone groups is 1. The molecule has 0 saturated carbocycles. The van der Waals surface area contributed by atoms with Crippen LogP contribution in [0.2, 0.25) is 0 Å². The van der Waals surface area contributed by atoms with Crippen LogP contribution in [-0.2, 0) is 14.6 Å². The van der Waals surface area contributed by atoms with Crippen LogP contribution in [-0.4, -0.2) is 31.4 Å². The third kappa shape index (κ3) is 3.66. The highest BCUT2D eigenvalue weighted by Gasteiger charge is 2.37. The van der Waals surface area contributed by atoms with Crippen molar-refractivity contribution in [2.45, 2.75) is 31.3 Å². The highest BCUT2D eigenvalue weighted by atomic mass is 32.2. The van der Waals surface area contributed by atoms with E-state index in [9.17, 15) is 18.0 Å². The van der Waals surface area contributed by atoms with E-state index in [1.54, 1.807) is 44.2 Å². The molecule has 0 spiro atoms. The third-order valence-electron chi connectivity index (χ3n) is 4.46. The van der Waals surface area contributed by atoms with Crippen LogP contribution in [0.5, 0.6) is 5.75 Å². The molecule has 3 rings (SSSR count). The van der Waals surface area contributed by atoms with Gasteiger partial charge in [-0.3, -0.25) is 0 Å². The van der Waals surface area contributed by atoms with E-state index in [-0.39, 0.29) is 28.4 Å². The average molecular weight is 390 g/mol. The maximum atomic E-state index is 12.6. The maximum Gasteiger partial charge on any atom is 0.511 e. The van der Waals surface area contributed by atoms with Gasteiger partial charge in [0.05, 0.1) is 16.2 Å². The van der Waals surface area contributed by atoms with Gasteiger partial charge in [-0.15, -0.1) is 0 Å². The zero-order valence-electron chi connectivity index (χ0n) is 14.8. The van der Waals surface area contributed by atoms with Gasteiger partial charge < -0.3 is 14.6 Å². The molecule has 0 amide bonds. The molecule has 1 unspecified atom stereocenters. The molecule has 0 saturated heterocycles. The Morgan fingerprint density at radius 2 is 1.81 bits per heavy atom. The van der Waals surface area contributed by atoms with Crippen LogP contribution >= 0.6 is 0 Å². The molecule has 2 aromatic rings. The second-order valence-corrected chi connectivity index (χ2v) is 8.34. The molecule has 142 valence electrons. The Morgan fingerprint density at radius 3 is 2.44 bits per heavy atom. The zero-order valence-corrected chi connectivity index (χ0v) is 15.6. The van der Waals surface area contributed by atoms with Gasteiger partial charge in [0.25, 0.3) is 0 Å². The Labute approximate surface area is 156 Å². The van der Waals surface area contributed by atoms with Crippen LogP contribution in [0.15, 0.2) is 41.3 Å². The largest absolute Gasteiger partial charge is 0.511 e. The van der Waals surface area contributed by atoms with Crippen molar-refractivity contribution < 1.29 is 32.6 Å². The second kappa shape index (κ2) is 7.03. The molecule has 0 radical (unpaired) electrons. The number of hydrogen-bond donors (Lipinski definition) is 1. The minimum Gasteiger partial charge on any atom is -0.454 e. The summed E-state index contributed by atoms with van der Waals surface area (Å²) in [6.07, 6.45) is -2.23. The van der Waals surface area contributed by atoms with Crippen molar-refractivity contribution in [3.8, 4) is 5.75 Å². The smallest absolute Gasteiger partial charge is 0.454 e. The summed E-state index contributed by atoms with van der Waals surface area (Å²) in [6, 6.07) is 9.74. The number of rotatable bonds is 3. The lowest BCUT2D eigenvalue weighted by Gasteiger charge is -2.29. The molecular weight excluding hydrogens is 372 g/mol. The molecule has 0 fully saturated rings. The predicted octanol–water partition coefficient (Wildman–Crippen LogP) is 3.44. The molecule has 2 aromatic carbocycles. The van der Waals surface area contributed by atoms with Gasteiger partial charge in [-0.05, 0) is 37.6 Å². The SMILES string of the molecule is Cc1cc(OC(=O)O)c(C)c2c1S(=O)(=O)CCC2OC(=O)c1ccccc1. The summed E-state index contributed by atoms with van der Waals surface area (Å²) in [7, 11) is -3.57. The minimum atomic E-state index is -3.57. The molecule has 7 nitrogen and oxygen atoms in total. The van der Waals surface area contributed by atoms with E-state index < -0.39 is 28.1 Å². The fraction of sp³-hybridized carbons (Fsp3) is 0.263. The molecule has 0 bridgehead atoms. The van der Waals surface area contributed by atoms with Crippen LogP contribution in [0.3, 0.4) is 0 Å². The standard InChI is InChI=1S/C19H18O7S/c1-11-10-15(26-19(21)22)12(2)16-14(8-9-27(23,24)17(11)16)25-18(20)13-6-4-3-5-7-13/h3-7,10,14H,8-9H2,1-2H3,(H,21,22). The number of carbonyl (C=O) groups is 2. The van der Waals surface area contributed by atoms with Crippen molar-refractivity contribution in [1.29, 1.82) is 0 Å². The van der Waals surface area contributed by atoms with Gasteiger partial charge in [0.15, 0.2) is 9.84 Å². The molecule has 0 aliphatic carbocycles. The molecule has 1 heterocycles. The lowest BCUT2D eigenvalue weighted by molar-refractivity contribution is 0.0275. The molecule has 1 N–H and O–H groups in total. The van der Waals surface area contributed by atoms with Crippen LogP contribution in [0, 0.1) is 13.8 Å². The summed E-state index contributed by atoms with van der Waals surface area (Å²) in [6.45, 7) is 3.12. The Balaban J connectivity index is 2.09. The van der Waals surface area contributed by atoms with E-state index in [1.807, 2.05) is 0 Å². The van der Waals surface area contributed by atoms with E-state index in [1.165, 1.54) is 6.07 Å². The molecule has 1 atom stereocenters. The quantitative estimate of drug-likeness (QED) is 0.632. The second-order valence-electron chi connectivity index (χ2n) is 6.29. The Morgan fingerprint density at radius 1 is 1.15 bits per heavy atom. The molecular formula is C19H18O7S. The summed E-state index contributed by atoms with van der Waals surface area (Å²) < 4.78 is 35.5. The van der Waals surface area contributed by atoms with Crippen LogP contribution in [0.4, 0.5) is 4.79 Å². The lowest BCUT2D eigenvalue weighted by Crippen LogP contribution is -2.26. The number of carbonyl (C=O) groups excluding carboxylic acids is 1. The summed E-state index contributed by atoms with van der Waals surface area (Å²) >= 11 is 0. The summed E-state index contributed by atoms with van der Waals surface area (Å²) in [5, 5.41) is 8.92. The predicted molar refractivity (Wildman–Crippen MR) is 95.8 cm³/mol. The number of esters is 1. The number of benzene rings is 2. The lowest BCUT2D eigenvalue weighted by atomic mass is 9.97. The topological polar surface area (TPSA) is 107 Å². The van der Waals surface area contributed by atoms with Gasteiger partial charge in [0.2, 0.25) is 0 Å². The summed E-state index contributed by atoms with van der Waals surface area (Å²) in [4.78, 5) is 23.5. The first kappa shape index (κ1) is 18.9. The third-order valence-corrected chi connectivity index (χ3v) is 6.40. The first-order valence-electron chi connectivity index (χ1n) is 8.24. The highest BCUT2D eigenvalue weighted by molar-refractivity contribution is 7.91. The van der Waals surface area contributed by atoms with Crippen molar-refractivity contribution in [2.24, 2.45) is 0 Å². The van der Waals surface area contributed by atoms with Crippen LogP contribution in [0.1, 0.15) is 39.6 Å². The summed E-state index contributed by atoms with van der Waals surface area (Å²) in [5.41, 5.74) is 1.31. The average Bonchev–Trinajstić information content (AvgIpc) is 2.60. The first-order chi connectivity index (χ1) is 12.7. The number of aryl methyl sites for hydroxylation is 1. The number of fused-ring (bicyclic) bond motifs is 1. The van der Waals surface area contributed by atoms with E-state index in [4.69, 9.17) is 14.6 Å². The zero-order chi connectivity index (χ0) is 19.8. The van der Waals surface area contributed by atoms with Crippen LogP contribution < -0.4 is 4.74 Å². The van der Waals surface area contributed by atoms with E-state index >= 15 is 0 Å². The molecule has 8 heteroatoms. The Hall–Kier alpha value is -2.87. The first-order valence-corrected chi connectivity index (χ1v) is 9.89. The van der Waals surface area contributed by atoms with Crippen molar-refractivity contribution in [1.82, 2.24) is 0 Å². The monoisotopic (exact) mass is 390 g/mol. The molecule has 1 aliphatic heterocycles. The van der Waals surface area contributed by atoms with Crippen LogP contribution in [0.25, 0.3) is 0 Å². The van der Waals surface area contributed by atoms with Gasteiger partial charge in [0, 0.05) is 17.5 Å². The van der Waals surface area contributed by atoms with Crippen molar-refractivity contribution in [2.75, 3.05) is 5.75 Å². The van der Waals surface area contributed by atoms with Gasteiger partial charge in [-0.25, -0.2) is 18.0 Å². The van der Waals surface area contributed by atoms with E-state index in [2.05, 4.69) is 0 Å². The van der Waals surface area contributed by atoms with Gasteiger partial charge >= 0.3 is 12.1 Å². The van der Waals surface area contributed by atoms with Gasteiger partial charge in [-0.1, -0.05) is 18.2 Å².